The van der Waals surface area contributed by atoms with E-state index in [9.17, 15) is 13.5 Å². The van der Waals surface area contributed by atoms with Crippen molar-refractivity contribution in [3.63, 3.8) is 0 Å². The quantitative estimate of drug-likeness (QED) is 0.885. The molecule has 108 valence electrons. The molecule has 0 aliphatic carbocycles. The fraction of sp³-hybridized carbons (Fsp3) is 0.231. The van der Waals surface area contributed by atoms with Gasteiger partial charge in [-0.1, -0.05) is 17.7 Å². The number of rotatable bonds is 5. The van der Waals surface area contributed by atoms with Gasteiger partial charge >= 0.3 is 0 Å². The largest absolute Gasteiger partial charge is 0.386 e. The normalized spacial score (nSPS) is 13.3. The fourth-order valence-corrected chi connectivity index (χ4v) is 3.98. The van der Waals surface area contributed by atoms with Crippen molar-refractivity contribution < 1.29 is 13.5 Å². The van der Waals surface area contributed by atoms with Crippen LogP contribution in [0, 0.1) is 6.92 Å². The number of halogens is 1. The van der Waals surface area contributed by atoms with Crippen molar-refractivity contribution in [2.45, 2.75) is 17.9 Å². The Hall–Kier alpha value is -0.920. The van der Waals surface area contributed by atoms with E-state index in [1.54, 1.807) is 12.1 Å². The van der Waals surface area contributed by atoms with E-state index in [4.69, 9.17) is 11.6 Å². The predicted octanol–water partition coefficient (Wildman–Crippen LogP) is 2.72. The summed E-state index contributed by atoms with van der Waals surface area (Å²) in [6, 6.07) is 7.87. The summed E-state index contributed by atoms with van der Waals surface area (Å²) in [4.78, 5) is 0.846. The lowest BCUT2D eigenvalue weighted by atomic mass is 10.2. The van der Waals surface area contributed by atoms with Gasteiger partial charge in [-0.3, -0.25) is 0 Å². The van der Waals surface area contributed by atoms with E-state index in [0.29, 0.717) is 5.02 Å². The summed E-state index contributed by atoms with van der Waals surface area (Å²) in [5.41, 5.74) is 0.949. The molecule has 4 nitrogen and oxygen atoms in total. The van der Waals surface area contributed by atoms with Crippen molar-refractivity contribution in [1.29, 1.82) is 0 Å². The van der Waals surface area contributed by atoms with Crippen molar-refractivity contribution in [3.05, 3.63) is 51.2 Å². The molecular weight excluding hydrogens is 318 g/mol. The molecule has 1 aromatic heterocycles. The summed E-state index contributed by atoms with van der Waals surface area (Å²) in [5, 5.41) is 12.2. The van der Waals surface area contributed by atoms with Gasteiger partial charge in [0.05, 0.1) is 4.90 Å². The van der Waals surface area contributed by atoms with Crippen molar-refractivity contribution >= 4 is 33.0 Å². The zero-order chi connectivity index (χ0) is 14.8. The van der Waals surface area contributed by atoms with Crippen LogP contribution < -0.4 is 4.72 Å². The molecule has 0 bridgehead atoms. The summed E-state index contributed by atoms with van der Waals surface area (Å²) in [6.07, 6.45) is -0.857. The van der Waals surface area contributed by atoms with Gasteiger partial charge in [0.25, 0.3) is 0 Å². The summed E-state index contributed by atoms with van der Waals surface area (Å²) < 4.78 is 26.5. The van der Waals surface area contributed by atoms with Gasteiger partial charge in [0.15, 0.2) is 0 Å². The van der Waals surface area contributed by atoms with Crippen LogP contribution in [0.1, 0.15) is 16.5 Å². The van der Waals surface area contributed by atoms with E-state index in [0.717, 1.165) is 10.4 Å². The van der Waals surface area contributed by atoms with Gasteiger partial charge in [0.1, 0.15) is 6.10 Å². The lowest BCUT2D eigenvalue weighted by molar-refractivity contribution is 0.185. The zero-order valence-corrected chi connectivity index (χ0v) is 13.1. The number of hydrogen-bond acceptors (Lipinski definition) is 4. The number of aryl methyl sites for hydroxylation is 1. The SMILES string of the molecule is Cc1ccsc1C(O)CNS(=O)(=O)c1cccc(Cl)c1. The maximum absolute atomic E-state index is 12.1. The lowest BCUT2D eigenvalue weighted by Crippen LogP contribution is -2.28. The summed E-state index contributed by atoms with van der Waals surface area (Å²) in [6.45, 7) is 1.80. The van der Waals surface area contributed by atoms with Gasteiger partial charge in [0, 0.05) is 16.4 Å². The molecule has 0 saturated carbocycles. The number of benzene rings is 1. The molecule has 0 amide bonds. The highest BCUT2D eigenvalue weighted by Crippen LogP contribution is 2.23. The Morgan fingerprint density at radius 3 is 2.75 bits per heavy atom. The third kappa shape index (κ3) is 3.59. The van der Waals surface area contributed by atoms with Crippen molar-refractivity contribution in [2.75, 3.05) is 6.54 Å². The molecule has 20 heavy (non-hydrogen) atoms. The van der Waals surface area contributed by atoms with E-state index in [2.05, 4.69) is 4.72 Å². The molecule has 0 spiro atoms. The third-order valence-electron chi connectivity index (χ3n) is 2.78. The Labute approximate surface area is 127 Å². The number of sulfonamides is 1. The number of nitrogens with one attached hydrogen (secondary N) is 1. The average molecular weight is 332 g/mol. The Bertz CT molecular complexity index is 697. The minimum absolute atomic E-state index is 0.0732. The second-order valence-corrected chi connectivity index (χ2v) is 7.44. The monoisotopic (exact) mass is 331 g/mol. The Morgan fingerprint density at radius 2 is 2.15 bits per heavy atom. The first-order valence-corrected chi connectivity index (χ1v) is 8.61. The van der Waals surface area contributed by atoms with E-state index in [1.807, 2.05) is 18.4 Å². The molecule has 1 heterocycles. The highest BCUT2D eigenvalue weighted by molar-refractivity contribution is 7.89. The van der Waals surface area contributed by atoms with Crippen LogP contribution in [0.5, 0.6) is 0 Å². The second-order valence-electron chi connectivity index (χ2n) is 4.29. The van der Waals surface area contributed by atoms with Crippen molar-refractivity contribution in [1.82, 2.24) is 4.72 Å². The molecule has 0 aliphatic rings. The highest BCUT2D eigenvalue weighted by atomic mass is 35.5. The van der Waals surface area contributed by atoms with Gasteiger partial charge in [-0.05, 0) is 42.1 Å². The van der Waals surface area contributed by atoms with Crippen molar-refractivity contribution in [3.8, 4) is 0 Å². The van der Waals surface area contributed by atoms with Crippen LogP contribution in [-0.2, 0) is 10.0 Å². The Kier molecular flexibility index (Phi) is 4.82. The first kappa shape index (κ1) is 15.5. The molecule has 2 rings (SSSR count). The second kappa shape index (κ2) is 6.24. The van der Waals surface area contributed by atoms with Gasteiger partial charge in [-0.2, -0.15) is 0 Å². The molecule has 0 saturated heterocycles. The molecular formula is C13H14ClNO3S2. The number of aliphatic hydroxyl groups excluding tert-OH is 1. The Morgan fingerprint density at radius 1 is 1.40 bits per heavy atom. The van der Waals surface area contributed by atoms with Crippen LogP contribution in [0.4, 0.5) is 0 Å². The van der Waals surface area contributed by atoms with Crippen molar-refractivity contribution in [2.24, 2.45) is 0 Å². The average Bonchev–Trinajstić information content (AvgIpc) is 2.82. The molecule has 7 heteroatoms. The van der Waals surface area contributed by atoms with E-state index < -0.39 is 16.1 Å². The van der Waals surface area contributed by atoms with Gasteiger partial charge in [0.2, 0.25) is 10.0 Å². The fourth-order valence-electron chi connectivity index (χ4n) is 1.72. The smallest absolute Gasteiger partial charge is 0.240 e. The summed E-state index contributed by atoms with van der Waals surface area (Å²) >= 11 is 7.18. The van der Waals surface area contributed by atoms with Crippen LogP contribution in [0.3, 0.4) is 0 Å². The predicted molar refractivity (Wildman–Crippen MR) is 80.7 cm³/mol. The van der Waals surface area contributed by atoms with Gasteiger partial charge in [-0.25, -0.2) is 13.1 Å². The van der Waals surface area contributed by atoms with Crippen LogP contribution in [0.25, 0.3) is 0 Å². The first-order chi connectivity index (χ1) is 9.40. The lowest BCUT2D eigenvalue weighted by Gasteiger charge is -2.12. The van der Waals surface area contributed by atoms with Gasteiger partial charge in [-0.15, -0.1) is 11.3 Å². The topological polar surface area (TPSA) is 66.4 Å². The Balaban J connectivity index is 2.08. The summed E-state index contributed by atoms with van der Waals surface area (Å²) in [5.74, 6) is 0. The van der Waals surface area contributed by atoms with E-state index in [1.165, 1.54) is 23.5 Å². The molecule has 1 unspecified atom stereocenters. The molecule has 2 N–H and O–H groups in total. The van der Waals surface area contributed by atoms with E-state index in [-0.39, 0.29) is 11.4 Å². The summed E-state index contributed by atoms with van der Waals surface area (Å²) in [7, 11) is -3.67. The number of thiophene rings is 1. The molecule has 0 aliphatic heterocycles. The van der Waals surface area contributed by atoms with Crippen LogP contribution in [0.2, 0.25) is 5.02 Å². The van der Waals surface area contributed by atoms with Gasteiger partial charge < -0.3 is 5.11 Å². The van der Waals surface area contributed by atoms with Crippen LogP contribution in [0.15, 0.2) is 40.6 Å². The standard InChI is InChI=1S/C13H14ClNO3S2/c1-9-5-6-19-13(9)12(16)8-15-20(17,18)11-4-2-3-10(14)7-11/h2-7,12,15-16H,8H2,1H3. The minimum Gasteiger partial charge on any atom is -0.386 e. The first-order valence-electron chi connectivity index (χ1n) is 5.87. The molecule has 1 aromatic carbocycles. The maximum Gasteiger partial charge on any atom is 0.240 e. The molecule has 2 aromatic rings. The number of aliphatic hydroxyl groups is 1. The number of hydrogen-bond donors (Lipinski definition) is 2. The molecule has 0 radical (unpaired) electrons. The molecule has 0 fully saturated rings. The van der Waals surface area contributed by atoms with Crippen LogP contribution >= 0.6 is 22.9 Å². The van der Waals surface area contributed by atoms with E-state index >= 15 is 0 Å². The molecule has 1 atom stereocenters. The third-order valence-corrected chi connectivity index (χ3v) is 5.55. The zero-order valence-electron chi connectivity index (χ0n) is 10.7. The minimum atomic E-state index is -3.67. The highest BCUT2D eigenvalue weighted by Gasteiger charge is 2.18. The maximum atomic E-state index is 12.1. The van der Waals surface area contributed by atoms with Crippen LogP contribution in [-0.4, -0.2) is 20.1 Å².